The Morgan fingerprint density at radius 1 is 1.35 bits per heavy atom. The number of amides is 1. The normalized spacial score (nSPS) is 36.0. The fourth-order valence-electron chi connectivity index (χ4n) is 4.74. The highest BCUT2D eigenvalue weighted by Gasteiger charge is 2.54. The third-order valence-corrected chi connectivity index (χ3v) is 6.18. The summed E-state index contributed by atoms with van der Waals surface area (Å²) >= 11 is 4.50. The third kappa shape index (κ3) is 1.82. The van der Waals surface area contributed by atoms with E-state index >= 15 is 0 Å². The third-order valence-electron chi connectivity index (χ3n) is 5.90. The molecule has 1 fully saturated rings. The van der Waals surface area contributed by atoms with E-state index < -0.39 is 0 Å². The Kier molecular flexibility index (Phi) is 3.16. The largest absolute Gasteiger partial charge is 0.369 e. The molecule has 3 heteroatoms. The van der Waals surface area contributed by atoms with Gasteiger partial charge in [-0.15, -0.1) is 12.6 Å². The maximum atomic E-state index is 12.1. The van der Waals surface area contributed by atoms with Crippen LogP contribution >= 0.6 is 12.6 Å². The summed E-state index contributed by atoms with van der Waals surface area (Å²) in [7, 11) is 0. The van der Waals surface area contributed by atoms with Crippen LogP contribution in [0.2, 0.25) is 0 Å². The SMILES string of the molecule is CC1(C(N)=O)CCCC2(C)c3cc(S)ccc3CCC12. The fraction of sp³-hybridized carbons (Fsp3) is 0.588. The van der Waals surface area contributed by atoms with Crippen molar-refractivity contribution in [1.82, 2.24) is 0 Å². The van der Waals surface area contributed by atoms with Crippen molar-refractivity contribution in [2.24, 2.45) is 17.1 Å². The molecular formula is C17H23NOS. The molecule has 1 saturated carbocycles. The molecule has 1 amide bonds. The Morgan fingerprint density at radius 2 is 2.10 bits per heavy atom. The second kappa shape index (κ2) is 4.52. The topological polar surface area (TPSA) is 43.1 Å². The predicted molar refractivity (Wildman–Crippen MR) is 84.0 cm³/mol. The van der Waals surface area contributed by atoms with E-state index in [-0.39, 0.29) is 16.7 Å². The van der Waals surface area contributed by atoms with Gasteiger partial charge in [0.25, 0.3) is 0 Å². The summed E-state index contributed by atoms with van der Waals surface area (Å²) in [5.74, 6) is 0.225. The van der Waals surface area contributed by atoms with E-state index in [0.717, 1.165) is 37.0 Å². The number of rotatable bonds is 1. The van der Waals surface area contributed by atoms with Gasteiger partial charge in [0.2, 0.25) is 5.91 Å². The number of carbonyl (C=O) groups excluding carboxylic acids is 1. The van der Waals surface area contributed by atoms with Crippen molar-refractivity contribution in [2.45, 2.75) is 56.3 Å². The van der Waals surface area contributed by atoms with Crippen LogP contribution in [-0.4, -0.2) is 5.91 Å². The zero-order valence-electron chi connectivity index (χ0n) is 12.3. The Hall–Kier alpha value is -0.960. The van der Waals surface area contributed by atoms with E-state index in [1.54, 1.807) is 0 Å². The summed E-state index contributed by atoms with van der Waals surface area (Å²) in [6, 6.07) is 6.48. The first-order valence-corrected chi connectivity index (χ1v) is 7.95. The van der Waals surface area contributed by atoms with Crippen molar-refractivity contribution in [3.63, 3.8) is 0 Å². The first kappa shape index (κ1) is 14.0. The van der Waals surface area contributed by atoms with Gasteiger partial charge in [-0.05, 0) is 60.3 Å². The molecular weight excluding hydrogens is 266 g/mol. The molecule has 2 aliphatic rings. The lowest BCUT2D eigenvalue weighted by atomic mass is 9.49. The second-order valence-electron chi connectivity index (χ2n) is 6.99. The van der Waals surface area contributed by atoms with Gasteiger partial charge >= 0.3 is 0 Å². The molecule has 2 aliphatic carbocycles. The van der Waals surface area contributed by atoms with Gasteiger partial charge in [0.05, 0.1) is 0 Å². The smallest absolute Gasteiger partial charge is 0.223 e. The first-order valence-electron chi connectivity index (χ1n) is 7.50. The van der Waals surface area contributed by atoms with E-state index in [1.807, 2.05) is 0 Å². The minimum absolute atomic E-state index is 0.0638. The number of nitrogens with two attached hydrogens (primary N) is 1. The fourth-order valence-corrected chi connectivity index (χ4v) is 4.95. The first-order chi connectivity index (χ1) is 9.38. The lowest BCUT2D eigenvalue weighted by Crippen LogP contribution is -2.54. The quantitative estimate of drug-likeness (QED) is 0.764. The highest BCUT2D eigenvalue weighted by Crippen LogP contribution is 2.57. The van der Waals surface area contributed by atoms with Gasteiger partial charge in [-0.3, -0.25) is 4.79 Å². The molecule has 0 heterocycles. The molecule has 0 bridgehead atoms. The Labute approximate surface area is 126 Å². The van der Waals surface area contributed by atoms with Crippen molar-refractivity contribution in [1.29, 1.82) is 0 Å². The summed E-state index contributed by atoms with van der Waals surface area (Å²) in [5.41, 5.74) is 8.29. The van der Waals surface area contributed by atoms with E-state index in [9.17, 15) is 4.79 Å². The minimum atomic E-state index is -0.364. The van der Waals surface area contributed by atoms with E-state index in [0.29, 0.717) is 5.92 Å². The average molecular weight is 289 g/mol. The molecule has 0 radical (unpaired) electrons. The van der Waals surface area contributed by atoms with Crippen LogP contribution in [0.3, 0.4) is 0 Å². The number of thiol groups is 1. The summed E-state index contributed by atoms with van der Waals surface area (Å²) in [5, 5.41) is 0. The molecule has 108 valence electrons. The lowest BCUT2D eigenvalue weighted by Gasteiger charge is -2.54. The maximum Gasteiger partial charge on any atom is 0.223 e. The van der Waals surface area contributed by atoms with Crippen LogP contribution in [0.1, 0.15) is 50.7 Å². The molecule has 2 N–H and O–H groups in total. The van der Waals surface area contributed by atoms with Crippen LogP contribution in [0.25, 0.3) is 0 Å². The van der Waals surface area contributed by atoms with Gasteiger partial charge in [-0.25, -0.2) is 0 Å². The number of hydrogen-bond acceptors (Lipinski definition) is 2. The number of aryl methyl sites for hydroxylation is 1. The summed E-state index contributed by atoms with van der Waals surface area (Å²) in [6.07, 6.45) is 5.26. The van der Waals surface area contributed by atoms with Crippen molar-refractivity contribution in [3.8, 4) is 0 Å². The molecule has 1 aromatic carbocycles. The molecule has 0 spiro atoms. The molecule has 0 aliphatic heterocycles. The molecule has 1 aromatic rings. The van der Waals surface area contributed by atoms with Gasteiger partial charge in [0, 0.05) is 10.3 Å². The molecule has 3 atom stereocenters. The van der Waals surface area contributed by atoms with Crippen molar-refractivity contribution < 1.29 is 4.79 Å². The van der Waals surface area contributed by atoms with Crippen LogP contribution in [0.15, 0.2) is 23.1 Å². The molecule has 0 saturated heterocycles. The monoisotopic (exact) mass is 289 g/mol. The van der Waals surface area contributed by atoms with E-state index in [4.69, 9.17) is 5.73 Å². The van der Waals surface area contributed by atoms with Crippen molar-refractivity contribution in [3.05, 3.63) is 29.3 Å². The van der Waals surface area contributed by atoms with Crippen LogP contribution in [-0.2, 0) is 16.6 Å². The number of primary amides is 1. The number of fused-ring (bicyclic) bond motifs is 3. The summed E-state index contributed by atoms with van der Waals surface area (Å²) in [4.78, 5) is 13.1. The van der Waals surface area contributed by atoms with Gasteiger partial charge in [-0.2, -0.15) is 0 Å². The highest BCUT2D eigenvalue weighted by atomic mass is 32.1. The van der Waals surface area contributed by atoms with Gasteiger partial charge in [0.15, 0.2) is 0 Å². The van der Waals surface area contributed by atoms with Gasteiger partial charge in [0.1, 0.15) is 0 Å². The Bertz CT molecular complexity index is 570. The average Bonchev–Trinajstić information content (AvgIpc) is 2.39. The molecule has 0 aromatic heterocycles. The molecule has 3 rings (SSSR count). The molecule has 20 heavy (non-hydrogen) atoms. The summed E-state index contributed by atoms with van der Waals surface area (Å²) < 4.78 is 0. The van der Waals surface area contributed by atoms with Crippen LogP contribution < -0.4 is 5.73 Å². The van der Waals surface area contributed by atoms with Crippen LogP contribution in [0.4, 0.5) is 0 Å². The number of benzene rings is 1. The maximum absolute atomic E-state index is 12.1. The lowest BCUT2D eigenvalue weighted by molar-refractivity contribution is -0.135. The minimum Gasteiger partial charge on any atom is -0.369 e. The van der Waals surface area contributed by atoms with Crippen molar-refractivity contribution in [2.75, 3.05) is 0 Å². The number of hydrogen-bond donors (Lipinski definition) is 2. The second-order valence-corrected chi connectivity index (χ2v) is 7.50. The van der Waals surface area contributed by atoms with Crippen molar-refractivity contribution >= 4 is 18.5 Å². The Morgan fingerprint density at radius 3 is 2.80 bits per heavy atom. The zero-order valence-corrected chi connectivity index (χ0v) is 13.2. The van der Waals surface area contributed by atoms with Crippen LogP contribution in [0.5, 0.6) is 0 Å². The van der Waals surface area contributed by atoms with E-state index in [2.05, 4.69) is 44.7 Å². The Balaban J connectivity index is 2.13. The molecule has 3 unspecified atom stereocenters. The predicted octanol–water partition coefficient (Wildman–Crippen LogP) is 3.47. The number of carbonyl (C=O) groups is 1. The standard InChI is InChI=1S/C17H23NOS/c1-16-8-3-9-17(2,15(18)19)14(16)7-5-11-4-6-12(20)10-13(11)16/h4,6,10,14,20H,3,5,7-9H2,1-2H3,(H2,18,19). The zero-order chi connectivity index (χ0) is 14.5. The van der Waals surface area contributed by atoms with E-state index in [1.165, 1.54) is 11.1 Å². The molecule has 2 nitrogen and oxygen atoms in total. The summed E-state index contributed by atoms with van der Waals surface area (Å²) in [6.45, 7) is 4.40. The highest BCUT2D eigenvalue weighted by molar-refractivity contribution is 7.80. The van der Waals surface area contributed by atoms with Gasteiger partial charge in [-0.1, -0.05) is 26.3 Å². The van der Waals surface area contributed by atoms with Crippen LogP contribution in [0, 0.1) is 11.3 Å². The van der Waals surface area contributed by atoms with Gasteiger partial charge < -0.3 is 5.73 Å².